The highest BCUT2D eigenvalue weighted by Gasteiger charge is 2.11. The SMILES string of the molecule is Cc1ccc(Oc2ccc(-c3noc(-c4ccc5[nH]ccc5c4)n3)cc2)cc1. The molecule has 28 heavy (non-hydrogen) atoms. The summed E-state index contributed by atoms with van der Waals surface area (Å²) in [6.07, 6.45) is 1.91. The number of nitrogens with zero attached hydrogens (tertiary/aromatic N) is 2. The second-order valence-electron chi connectivity index (χ2n) is 6.64. The summed E-state index contributed by atoms with van der Waals surface area (Å²) in [4.78, 5) is 7.71. The van der Waals surface area contributed by atoms with Gasteiger partial charge in [-0.15, -0.1) is 0 Å². The van der Waals surface area contributed by atoms with Crippen LogP contribution in [-0.4, -0.2) is 15.1 Å². The van der Waals surface area contributed by atoms with Gasteiger partial charge in [0.05, 0.1) is 0 Å². The Morgan fingerprint density at radius 2 is 1.54 bits per heavy atom. The van der Waals surface area contributed by atoms with Crippen molar-refractivity contribution in [3.63, 3.8) is 0 Å². The van der Waals surface area contributed by atoms with Gasteiger partial charge >= 0.3 is 0 Å². The van der Waals surface area contributed by atoms with Crippen LogP contribution in [0.2, 0.25) is 0 Å². The molecule has 136 valence electrons. The first-order valence-corrected chi connectivity index (χ1v) is 9.01. The van der Waals surface area contributed by atoms with E-state index in [2.05, 4.69) is 15.1 Å². The molecule has 0 atom stereocenters. The topological polar surface area (TPSA) is 63.9 Å². The molecule has 0 radical (unpaired) electrons. The average Bonchev–Trinajstić information content (AvgIpc) is 3.39. The monoisotopic (exact) mass is 367 g/mol. The van der Waals surface area contributed by atoms with E-state index < -0.39 is 0 Å². The van der Waals surface area contributed by atoms with Gasteiger partial charge in [0.1, 0.15) is 11.5 Å². The number of aromatic amines is 1. The van der Waals surface area contributed by atoms with Crippen molar-refractivity contribution in [3.05, 3.63) is 84.6 Å². The third-order valence-electron chi connectivity index (χ3n) is 4.60. The molecule has 0 spiro atoms. The second kappa shape index (κ2) is 6.70. The second-order valence-corrected chi connectivity index (χ2v) is 6.64. The molecule has 2 aromatic heterocycles. The van der Waals surface area contributed by atoms with E-state index in [1.54, 1.807) is 0 Å². The lowest BCUT2D eigenvalue weighted by Gasteiger charge is -2.06. The van der Waals surface area contributed by atoms with Gasteiger partial charge in [-0.1, -0.05) is 22.9 Å². The van der Waals surface area contributed by atoms with Crippen molar-refractivity contribution in [2.45, 2.75) is 6.92 Å². The summed E-state index contributed by atoms with van der Waals surface area (Å²) in [5.74, 6) is 2.61. The van der Waals surface area contributed by atoms with Crippen LogP contribution in [-0.2, 0) is 0 Å². The first-order valence-electron chi connectivity index (χ1n) is 9.01. The van der Waals surface area contributed by atoms with Gasteiger partial charge < -0.3 is 14.2 Å². The summed E-state index contributed by atoms with van der Waals surface area (Å²) >= 11 is 0. The Bertz CT molecular complexity index is 1240. The van der Waals surface area contributed by atoms with Crippen LogP contribution in [0.4, 0.5) is 0 Å². The quantitative estimate of drug-likeness (QED) is 0.424. The Labute approximate surface area is 161 Å². The fourth-order valence-corrected chi connectivity index (χ4v) is 3.06. The fraction of sp³-hybridized carbons (Fsp3) is 0.0435. The molecule has 0 unspecified atom stereocenters. The van der Waals surface area contributed by atoms with E-state index in [9.17, 15) is 0 Å². The molecule has 0 aliphatic rings. The highest BCUT2D eigenvalue weighted by Crippen LogP contribution is 2.27. The minimum absolute atomic E-state index is 0.498. The van der Waals surface area contributed by atoms with Crippen molar-refractivity contribution in [1.29, 1.82) is 0 Å². The maximum Gasteiger partial charge on any atom is 0.258 e. The maximum atomic E-state index is 5.86. The van der Waals surface area contributed by atoms with Crippen LogP contribution in [0.15, 0.2) is 83.5 Å². The highest BCUT2D eigenvalue weighted by atomic mass is 16.5. The number of ether oxygens (including phenoxy) is 1. The van der Waals surface area contributed by atoms with Crippen LogP contribution in [0.5, 0.6) is 11.5 Å². The predicted octanol–water partition coefficient (Wildman–Crippen LogP) is 5.99. The summed E-state index contributed by atoms with van der Waals surface area (Å²) < 4.78 is 11.3. The molecule has 0 aliphatic carbocycles. The van der Waals surface area contributed by atoms with Gasteiger partial charge in [-0.25, -0.2) is 0 Å². The molecule has 5 rings (SSSR count). The number of rotatable bonds is 4. The van der Waals surface area contributed by atoms with Gasteiger partial charge in [-0.3, -0.25) is 0 Å². The zero-order valence-corrected chi connectivity index (χ0v) is 15.2. The number of aromatic nitrogens is 3. The van der Waals surface area contributed by atoms with Crippen molar-refractivity contribution >= 4 is 10.9 Å². The zero-order valence-electron chi connectivity index (χ0n) is 15.2. The van der Waals surface area contributed by atoms with E-state index in [1.807, 2.05) is 85.9 Å². The lowest BCUT2D eigenvalue weighted by atomic mass is 10.1. The standard InChI is InChI=1S/C23H17N3O2/c1-15-2-7-19(8-3-15)27-20-9-4-16(5-10-20)22-25-23(28-26-22)18-6-11-21-17(14-18)12-13-24-21/h2-14,24H,1H3. The Kier molecular flexibility index (Phi) is 3.91. The molecule has 0 saturated heterocycles. The molecule has 5 aromatic rings. The summed E-state index contributed by atoms with van der Waals surface area (Å²) in [6.45, 7) is 2.05. The van der Waals surface area contributed by atoms with Crippen LogP contribution in [0, 0.1) is 6.92 Å². The van der Waals surface area contributed by atoms with E-state index >= 15 is 0 Å². The number of fused-ring (bicyclic) bond motifs is 1. The third-order valence-corrected chi connectivity index (χ3v) is 4.60. The van der Waals surface area contributed by atoms with E-state index in [4.69, 9.17) is 9.26 Å². The number of hydrogen-bond donors (Lipinski definition) is 1. The van der Waals surface area contributed by atoms with Gasteiger partial charge in [-0.2, -0.15) is 4.98 Å². The van der Waals surface area contributed by atoms with E-state index in [0.29, 0.717) is 11.7 Å². The molecule has 0 amide bonds. The van der Waals surface area contributed by atoms with E-state index in [0.717, 1.165) is 33.5 Å². The van der Waals surface area contributed by atoms with Crippen molar-refractivity contribution in [2.24, 2.45) is 0 Å². The predicted molar refractivity (Wildman–Crippen MR) is 108 cm³/mol. The van der Waals surface area contributed by atoms with Gasteiger partial charge in [0.15, 0.2) is 0 Å². The molecule has 2 heterocycles. The lowest BCUT2D eigenvalue weighted by Crippen LogP contribution is -1.86. The van der Waals surface area contributed by atoms with E-state index in [1.165, 1.54) is 5.56 Å². The lowest BCUT2D eigenvalue weighted by molar-refractivity contribution is 0.432. The summed E-state index contributed by atoms with van der Waals surface area (Å²) in [7, 11) is 0. The fourth-order valence-electron chi connectivity index (χ4n) is 3.06. The zero-order chi connectivity index (χ0) is 18.9. The van der Waals surface area contributed by atoms with Gasteiger partial charge in [0.25, 0.3) is 5.89 Å². The number of benzene rings is 3. The van der Waals surface area contributed by atoms with Crippen molar-refractivity contribution in [3.8, 4) is 34.3 Å². The summed E-state index contributed by atoms with van der Waals surface area (Å²) in [5, 5.41) is 5.23. The van der Waals surface area contributed by atoms with Crippen LogP contribution < -0.4 is 4.74 Å². The third kappa shape index (κ3) is 3.14. The number of nitrogens with one attached hydrogen (secondary N) is 1. The first kappa shape index (κ1) is 16.3. The Balaban J connectivity index is 1.37. The Hall–Kier alpha value is -3.86. The van der Waals surface area contributed by atoms with Crippen LogP contribution >= 0.6 is 0 Å². The normalized spacial score (nSPS) is 11.0. The minimum Gasteiger partial charge on any atom is -0.457 e. The first-order chi connectivity index (χ1) is 13.7. The molecule has 0 aliphatic heterocycles. The van der Waals surface area contributed by atoms with Gasteiger partial charge in [-0.05, 0) is 67.6 Å². The van der Waals surface area contributed by atoms with Crippen molar-refractivity contribution in [1.82, 2.24) is 15.1 Å². The Morgan fingerprint density at radius 1 is 0.821 bits per heavy atom. The molecule has 0 fully saturated rings. The van der Waals surface area contributed by atoms with Crippen molar-refractivity contribution < 1.29 is 9.26 Å². The van der Waals surface area contributed by atoms with Crippen LogP contribution in [0.1, 0.15) is 5.56 Å². The molecular formula is C23H17N3O2. The molecule has 5 nitrogen and oxygen atoms in total. The molecule has 0 bridgehead atoms. The summed E-state index contributed by atoms with van der Waals surface area (Å²) in [5.41, 5.74) is 4.04. The average molecular weight is 367 g/mol. The highest BCUT2D eigenvalue weighted by molar-refractivity contribution is 5.83. The molecule has 5 heteroatoms. The largest absolute Gasteiger partial charge is 0.457 e. The molecular weight excluding hydrogens is 350 g/mol. The molecule has 1 N–H and O–H groups in total. The number of H-pyrrole nitrogens is 1. The molecule has 0 saturated carbocycles. The van der Waals surface area contributed by atoms with Gasteiger partial charge in [0.2, 0.25) is 5.82 Å². The van der Waals surface area contributed by atoms with Gasteiger partial charge in [0, 0.05) is 28.2 Å². The minimum atomic E-state index is 0.498. The van der Waals surface area contributed by atoms with Crippen LogP contribution in [0.25, 0.3) is 33.7 Å². The number of aryl methyl sites for hydroxylation is 1. The van der Waals surface area contributed by atoms with Crippen molar-refractivity contribution in [2.75, 3.05) is 0 Å². The molecule has 3 aromatic carbocycles. The van der Waals surface area contributed by atoms with E-state index in [-0.39, 0.29) is 0 Å². The van der Waals surface area contributed by atoms with Crippen LogP contribution in [0.3, 0.4) is 0 Å². The smallest absolute Gasteiger partial charge is 0.258 e. The summed E-state index contributed by atoms with van der Waals surface area (Å²) in [6, 6.07) is 23.6. The Morgan fingerprint density at radius 3 is 2.32 bits per heavy atom. The maximum absolute atomic E-state index is 5.86. The number of hydrogen-bond acceptors (Lipinski definition) is 4.